The Labute approximate surface area is 226 Å². The van der Waals surface area contributed by atoms with Crippen LogP contribution in [0.4, 0.5) is 9.18 Å². The SMILES string of the molecule is COC(=O)C1=C(c2ccc(F)cc2OCc2ccccc2)C[C@@H]2CC[C@H]1N2C(=O)NCc1ccccc1Cl. The molecule has 6 nitrogen and oxygen atoms in total. The number of benzene rings is 3. The molecule has 2 amide bonds. The molecule has 3 aromatic rings. The van der Waals surface area contributed by atoms with Gasteiger partial charge in [-0.2, -0.15) is 0 Å². The van der Waals surface area contributed by atoms with Crippen LogP contribution >= 0.6 is 11.6 Å². The Kier molecular flexibility index (Phi) is 7.65. The summed E-state index contributed by atoms with van der Waals surface area (Å²) < 4.78 is 25.5. The van der Waals surface area contributed by atoms with E-state index in [9.17, 15) is 14.0 Å². The molecule has 2 atom stereocenters. The van der Waals surface area contributed by atoms with Gasteiger partial charge in [0.2, 0.25) is 0 Å². The molecule has 2 bridgehead atoms. The number of hydrogen-bond donors (Lipinski definition) is 1. The van der Waals surface area contributed by atoms with Crippen LogP contribution in [-0.4, -0.2) is 36.1 Å². The minimum Gasteiger partial charge on any atom is -0.488 e. The first-order chi connectivity index (χ1) is 18.5. The van der Waals surface area contributed by atoms with E-state index in [4.69, 9.17) is 21.1 Å². The number of nitrogens with zero attached hydrogens (tertiary/aromatic N) is 1. The Bertz CT molecular complexity index is 1380. The Morgan fingerprint density at radius 1 is 1.05 bits per heavy atom. The average Bonchev–Trinajstić information content (AvgIpc) is 3.25. The third kappa shape index (κ3) is 5.24. The predicted octanol–water partition coefficient (Wildman–Crippen LogP) is 6.13. The number of nitrogens with one attached hydrogen (secondary N) is 1. The standard InChI is InChI=1S/C30H28ClFN2O4/c1-37-29(35)28-24(23-13-11-21(32)15-27(23)38-18-19-7-3-2-4-8-19)16-22-12-14-26(28)34(22)30(36)33-17-20-9-5-6-10-25(20)31/h2-11,13,15,22,26H,12,14,16-18H2,1H3,(H,33,36)/t22-,26+/m0/s1. The first kappa shape index (κ1) is 25.8. The van der Waals surface area contributed by atoms with Gasteiger partial charge in [0.25, 0.3) is 0 Å². The van der Waals surface area contributed by atoms with Crippen LogP contribution in [-0.2, 0) is 22.7 Å². The van der Waals surface area contributed by atoms with E-state index in [0.717, 1.165) is 23.1 Å². The van der Waals surface area contributed by atoms with Crippen molar-refractivity contribution in [3.63, 3.8) is 0 Å². The van der Waals surface area contributed by atoms with Gasteiger partial charge < -0.3 is 19.7 Å². The lowest BCUT2D eigenvalue weighted by molar-refractivity contribution is -0.136. The quantitative estimate of drug-likeness (QED) is 0.370. The van der Waals surface area contributed by atoms with Gasteiger partial charge in [-0.3, -0.25) is 0 Å². The molecule has 0 aliphatic carbocycles. The molecule has 1 N–H and O–H groups in total. The van der Waals surface area contributed by atoms with Crippen molar-refractivity contribution in [2.45, 2.75) is 44.5 Å². The maximum atomic E-state index is 14.3. The molecule has 0 radical (unpaired) electrons. The summed E-state index contributed by atoms with van der Waals surface area (Å²) in [4.78, 5) is 28.2. The summed E-state index contributed by atoms with van der Waals surface area (Å²) in [6.45, 7) is 0.523. The first-order valence-electron chi connectivity index (χ1n) is 12.5. The lowest BCUT2D eigenvalue weighted by Gasteiger charge is -2.37. The molecular formula is C30H28ClFN2O4. The van der Waals surface area contributed by atoms with Gasteiger partial charge in [0.1, 0.15) is 18.2 Å². The summed E-state index contributed by atoms with van der Waals surface area (Å²) in [7, 11) is 1.33. The van der Waals surface area contributed by atoms with Gasteiger partial charge in [-0.05, 0) is 54.2 Å². The zero-order valence-corrected chi connectivity index (χ0v) is 21.7. The third-order valence-corrected chi connectivity index (χ3v) is 7.50. The topological polar surface area (TPSA) is 67.9 Å². The number of amides is 2. The molecule has 2 aliphatic heterocycles. The Balaban J connectivity index is 1.45. The van der Waals surface area contributed by atoms with E-state index in [-0.39, 0.29) is 25.2 Å². The van der Waals surface area contributed by atoms with E-state index in [1.54, 1.807) is 17.0 Å². The van der Waals surface area contributed by atoms with Gasteiger partial charge in [-0.15, -0.1) is 0 Å². The van der Waals surface area contributed by atoms with E-state index >= 15 is 0 Å². The second-order valence-electron chi connectivity index (χ2n) is 9.41. The van der Waals surface area contributed by atoms with Crippen molar-refractivity contribution in [3.8, 4) is 5.75 Å². The van der Waals surface area contributed by atoms with Crippen molar-refractivity contribution in [3.05, 3.63) is 106 Å². The minimum absolute atomic E-state index is 0.123. The van der Waals surface area contributed by atoms with Crippen molar-refractivity contribution < 1.29 is 23.5 Å². The van der Waals surface area contributed by atoms with Gasteiger partial charge >= 0.3 is 12.0 Å². The third-order valence-electron chi connectivity index (χ3n) is 7.13. The maximum absolute atomic E-state index is 14.3. The largest absolute Gasteiger partial charge is 0.488 e. The Morgan fingerprint density at radius 2 is 1.82 bits per heavy atom. The zero-order valence-electron chi connectivity index (χ0n) is 21.0. The first-order valence-corrected chi connectivity index (χ1v) is 12.9. The Hall–Kier alpha value is -3.84. The van der Waals surface area contributed by atoms with E-state index in [1.807, 2.05) is 48.5 Å². The van der Waals surface area contributed by atoms with Crippen molar-refractivity contribution in [1.82, 2.24) is 10.2 Å². The molecule has 0 saturated carbocycles. The van der Waals surface area contributed by atoms with Gasteiger partial charge in [0.05, 0.1) is 18.7 Å². The van der Waals surface area contributed by atoms with Crippen LogP contribution in [0.25, 0.3) is 5.57 Å². The number of carbonyl (C=O) groups excluding carboxylic acids is 2. The van der Waals surface area contributed by atoms with Crippen molar-refractivity contribution in [1.29, 1.82) is 0 Å². The van der Waals surface area contributed by atoms with Crippen LogP contribution in [0.3, 0.4) is 0 Å². The molecule has 5 rings (SSSR count). The molecule has 0 unspecified atom stereocenters. The minimum atomic E-state index is -0.507. The fourth-order valence-corrected chi connectivity index (χ4v) is 5.55. The molecule has 2 heterocycles. The highest BCUT2D eigenvalue weighted by atomic mass is 35.5. The zero-order chi connectivity index (χ0) is 26.6. The molecule has 38 heavy (non-hydrogen) atoms. The van der Waals surface area contributed by atoms with Crippen molar-refractivity contribution in [2.75, 3.05) is 7.11 Å². The summed E-state index contributed by atoms with van der Waals surface area (Å²) in [6, 6.07) is 20.4. The van der Waals surface area contributed by atoms with Crippen molar-refractivity contribution >= 4 is 29.2 Å². The van der Waals surface area contributed by atoms with Gasteiger partial charge in [0.15, 0.2) is 0 Å². The number of hydrogen-bond acceptors (Lipinski definition) is 4. The molecule has 196 valence electrons. The highest BCUT2D eigenvalue weighted by molar-refractivity contribution is 6.31. The molecule has 0 spiro atoms. The van der Waals surface area contributed by atoms with Crippen LogP contribution in [0.15, 0.2) is 78.4 Å². The van der Waals surface area contributed by atoms with E-state index < -0.39 is 17.8 Å². The summed E-state index contributed by atoms with van der Waals surface area (Å²) in [5, 5.41) is 3.53. The highest BCUT2D eigenvalue weighted by Crippen LogP contribution is 2.45. The number of ether oxygens (including phenoxy) is 2. The smallest absolute Gasteiger partial charge is 0.336 e. The molecule has 1 saturated heterocycles. The number of rotatable bonds is 7. The molecule has 0 aromatic heterocycles. The predicted molar refractivity (Wildman–Crippen MR) is 143 cm³/mol. The van der Waals surface area contributed by atoms with Gasteiger partial charge in [-0.25, -0.2) is 14.0 Å². The normalized spacial score (nSPS) is 18.3. The molecule has 2 aliphatic rings. The second-order valence-corrected chi connectivity index (χ2v) is 9.81. The summed E-state index contributed by atoms with van der Waals surface area (Å²) in [5.41, 5.74) is 3.52. The van der Waals surface area contributed by atoms with Gasteiger partial charge in [0, 0.05) is 29.2 Å². The van der Waals surface area contributed by atoms with Gasteiger partial charge in [-0.1, -0.05) is 60.1 Å². The fourth-order valence-electron chi connectivity index (χ4n) is 5.35. The molecular weight excluding hydrogens is 507 g/mol. The number of carbonyl (C=O) groups is 2. The number of methoxy groups -OCH3 is 1. The van der Waals surface area contributed by atoms with Crippen LogP contribution < -0.4 is 10.1 Å². The van der Waals surface area contributed by atoms with Crippen LogP contribution in [0.1, 0.15) is 36.0 Å². The molecule has 1 fully saturated rings. The highest BCUT2D eigenvalue weighted by Gasteiger charge is 2.47. The summed E-state index contributed by atoms with van der Waals surface area (Å²) in [6.07, 6.45) is 1.78. The number of esters is 1. The van der Waals surface area contributed by atoms with E-state index in [2.05, 4.69) is 5.32 Å². The van der Waals surface area contributed by atoms with Crippen molar-refractivity contribution in [2.24, 2.45) is 0 Å². The molecule has 3 aromatic carbocycles. The fraction of sp³-hybridized carbons (Fsp3) is 0.267. The average molecular weight is 535 g/mol. The number of urea groups is 1. The van der Waals surface area contributed by atoms with Crippen LogP contribution in [0.5, 0.6) is 5.75 Å². The summed E-state index contributed by atoms with van der Waals surface area (Å²) >= 11 is 6.25. The van der Waals surface area contributed by atoms with Crippen LogP contribution in [0.2, 0.25) is 5.02 Å². The summed E-state index contributed by atoms with van der Waals surface area (Å²) in [5.74, 6) is -0.592. The lowest BCUT2D eigenvalue weighted by atomic mass is 9.88. The second kappa shape index (κ2) is 11.3. The Morgan fingerprint density at radius 3 is 2.58 bits per heavy atom. The number of halogens is 2. The van der Waals surface area contributed by atoms with E-state index in [0.29, 0.717) is 34.8 Å². The number of fused-ring (bicyclic) bond motifs is 2. The van der Waals surface area contributed by atoms with E-state index in [1.165, 1.54) is 19.2 Å². The lowest BCUT2D eigenvalue weighted by Crippen LogP contribution is -2.50. The van der Waals surface area contributed by atoms with Crippen LogP contribution in [0, 0.1) is 5.82 Å². The molecule has 8 heteroatoms. The maximum Gasteiger partial charge on any atom is 0.336 e. The monoisotopic (exact) mass is 534 g/mol.